The number of fused-ring (bicyclic) bond motifs is 2. The Bertz CT molecular complexity index is 756. The first-order chi connectivity index (χ1) is 10.8. The summed E-state index contributed by atoms with van der Waals surface area (Å²) in [5.74, 6) is 0.593. The second-order valence-corrected chi connectivity index (χ2v) is 7.23. The van der Waals surface area contributed by atoms with E-state index in [2.05, 4.69) is 26.2 Å². The maximum absolute atomic E-state index is 12.8. The van der Waals surface area contributed by atoms with Gasteiger partial charge in [-0.2, -0.15) is 0 Å². The van der Waals surface area contributed by atoms with Crippen molar-refractivity contribution < 1.29 is 9.53 Å². The Morgan fingerprint density at radius 2 is 2.13 bits per heavy atom. The highest BCUT2D eigenvalue weighted by Crippen LogP contribution is 2.38. The van der Waals surface area contributed by atoms with E-state index >= 15 is 0 Å². The molecule has 0 unspecified atom stereocenters. The first-order valence-electron chi connectivity index (χ1n) is 7.35. The molecule has 120 valence electrons. The first kappa shape index (κ1) is 15.8. The number of halogens is 1. The third-order valence-electron chi connectivity index (χ3n) is 3.32. The van der Waals surface area contributed by atoms with Gasteiger partial charge < -0.3 is 10.1 Å². The van der Waals surface area contributed by atoms with Gasteiger partial charge in [0.2, 0.25) is 0 Å². The number of ether oxygens (including phenoxy) is 1. The van der Waals surface area contributed by atoms with Crippen LogP contribution in [-0.4, -0.2) is 16.7 Å². The summed E-state index contributed by atoms with van der Waals surface area (Å²) in [6.07, 6.45) is 1.24. The van der Waals surface area contributed by atoms with Gasteiger partial charge in [-0.1, -0.05) is 22.0 Å². The maximum Gasteiger partial charge on any atom is 0.420 e. The number of pyridine rings is 1. The molecule has 1 aromatic heterocycles. The van der Waals surface area contributed by atoms with Crippen molar-refractivity contribution in [1.29, 1.82) is 0 Å². The minimum atomic E-state index is -0.582. The molecule has 0 aliphatic carbocycles. The molecule has 0 fully saturated rings. The Balaban J connectivity index is 2.14. The molecule has 5 nitrogen and oxygen atoms in total. The van der Waals surface area contributed by atoms with Gasteiger partial charge in [0.05, 0.1) is 11.4 Å². The third-order valence-corrected chi connectivity index (χ3v) is 3.82. The Hall–Kier alpha value is -2.08. The summed E-state index contributed by atoms with van der Waals surface area (Å²) in [6, 6.07) is 9.53. The summed E-state index contributed by atoms with van der Waals surface area (Å²) in [6.45, 7) is 6.14. The van der Waals surface area contributed by atoms with E-state index in [1.54, 1.807) is 6.20 Å². The minimum absolute atomic E-state index is 0.440. The number of benzene rings is 1. The van der Waals surface area contributed by atoms with E-state index in [0.717, 1.165) is 21.4 Å². The van der Waals surface area contributed by atoms with Crippen LogP contribution in [0.25, 0.3) is 0 Å². The van der Waals surface area contributed by atoms with Crippen molar-refractivity contribution in [2.24, 2.45) is 0 Å². The lowest BCUT2D eigenvalue weighted by molar-refractivity contribution is 0.0598. The van der Waals surface area contributed by atoms with Gasteiger partial charge in [0, 0.05) is 22.8 Å². The highest BCUT2D eigenvalue weighted by atomic mass is 79.9. The summed E-state index contributed by atoms with van der Waals surface area (Å²) < 4.78 is 6.52. The van der Waals surface area contributed by atoms with Crippen LogP contribution in [-0.2, 0) is 11.3 Å². The third kappa shape index (κ3) is 3.32. The highest BCUT2D eigenvalue weighted by molar-refractivity contribution is 9.10. The van der Waals surface area contributed by atoms with Gasteiger partial charge in [-0.15, -0.1) is 0 Å². The molecule has 1 N–H and O–H groups in total. The summed E-state index contributed by atoms with van der Waals surface area (Å²) >= 11 is 3.47. The molecule has 23 heavy (non-hydrogen) atoms. The number of amides is 1. The summed E-state index contributed by atoms with van der Waals surface area (Å²) in [5, 5.41) is 3.35. The Kier molecular flexibility index (Phi) is 4.02. The van der Waals surface area contributed by atoms with Crippen molar-refractivity contribution in [3.63, 3.8) is 0 Å². The SMILES string of the molecule is CC(C)(C)OC(=O)N1c2ccc(Br)cc2NCc2cccnc21. The van der Waals surface area contributed by atoms with Gasteiger partial charge in [-0.25, -0.2) is 14.7 Å². The predicted molar refractivity (Wildman–Crippen MR) is 94.1 cm³/mol. The standard InChI is InChI=1S/C17H18BrN3O2/c1-17(2,3)23-16(22)21-14-7-6-12(18)9-13(14)20-10-11-5-4-8-19-15(11)21/h4-9,20H,10H2,1-3H3. The number of anilines is 3. The largest absolute Gasteiger partial charge is 0.443 e. The first-order valence-corrected chi connectivity index (χ1v) is 8.15. The molecule has 0 bridgehead atoms. The zero-order chi connectivity index (χ0) is 16.6. The molecule has 0 saturated carbocycles. The Labute approximate surface area is 143 Å². The van der Waals surface area contributed by atoms with E-state index in [-0.39, 0.29) is 0 Å². The number of nitrogens with zero attached hydrogens (tertiary/aromatic N) is 2. The smallest absolute Gasteiger partial charge is 0.420 e. The van der Waals surface area contributed by atoms with E-state index in [1.807, 2.05) is 51.1 Å². The molecular formula is C17H18BrN3O2. The number of aromatic nitrogens is 1. The summed E-state index contributed by atoms with van der Waals surface area (Å²) in [7, 11) is 0. The van der Waals surface area contributed by atoms with E-state index in [0.29, 0.717) is 12.4 Å². The van der Waals surface area contributed by atoms with E-state index in [9.17, 15) is 4.79 Å². The van der Waals surface area contributed by atoms with Gasteiger partial charge >= 0.3 is 6.09 Å². The maximum atomic E-state index is 12.8. The van der Waals surface area contributed by atoms with Crippen molar-refractivity contribution in [2.75, 3.05) is 10.2 Å². The molecule has 2 aromatic rings. The molecular weight excluding hydrogens is 358 g/mol. The number of carbonyl (C=O) groups is 1. The minimum Gasteiger partial charge on any atom is -0.443 e. The Morgan fingerprint density at radius 3 is 2.87 bits per heavy atom. The molecule has 0 spiro atoms. The van der Waals surface area contributed by atoms with Crippen LogP contribution in [0.3, 0.4) is 0 Å². The number of nitrogens with one attached hydrogen (secondary N) is 1. The van der Waals surface area contributed by atoms with Gasteiger partial charge in [0.15, 0.2) is 0 Å². The second-order valence-electron chi connectivity index (χ2n) is 6.32. The van der Waals surface area contributed by atoms with Gasteiger partial charge in [-0.3, -0.25) is 0 Å². The molecule has 0 saturated heterocycles. The molecule has 6 heteroatoms. The average Bonchev–Trinajstić information content (AvgIpc) is 2.62. The lowest BCUT2D eigenvalue weighted by atomic mass is 10.2. The van der Waals surface area contributed by atoms with E-state index < -0.39 is 11.7 Å². The van der Waals surface area contributed by atoms with Crippen LogP contribution in [0.4, 0.5) is 22.0 Å². The number of rotatable bonds is 0. The summed E-state index contributed by atoms with van der Waals surface area (Å²) in [5.41, 5.74) is 1.93. The van der Waals surface area contributed by atoms with Crippen molar-refractivity contribution in [3.8, 4) is 0 Å². The zero-order valence-corrected chi connectivity index (χ0v) is 14.8. The van der Waals surface area contributed by atoms with Gasteiger partial charge in [0.25, 0.3) is 0 Å². The van der Waals surface area contributed by atoms with Crippen LogP contribution >= 0.6 is 15.9 Å². The van der Waals surface area contributed by atoms with Crippen LogP contribution in [0, 0.1) is 0 Å². The topological polar surface area (TPSA) is 54.5 Å². The van der Waals surface area contributed by atoms with Crippen molar-refractivity contribution in [2.45, 2.75) is 32.9 Å². The number of hydrogen-bond donors (Lipinski definition) is 1. The quantitative estimate of drug-likeness (QED) is 0.715. The number of hydrogen-bond acceptors (Lipinski definition) is 4. The second kappa shape index (κ2) is 5.85. The monoisotopic (exact) mass is 375 g/mol. The van der Waals surface area contributed by atoms with Gasteiger partial charge in [0.1, 0.15) is 11.4 Å². The van der Waals surface area contributed by atoms with Crippen LogP contribution in [0.15, 0.2) is 41.0 Å². The van der Waals surface area contributed by atoms with E-state index in [1.165, 1.54) is 4.90 Å². The van der Waals surface area contributed by atoms with Crippen LogP contribution in [0.5, 0.6) is 0 Å². The molecule has 1 aliphatic heterocycles. The molecule has 1 aliphatic rings. The Morgan fingerprint density at radius 1 is 1.35 bits per heavy atom. The lowest BCUT2D eigenvalue weighted by Crippen LogP contribution is -2.34. The molecule has 1 aromatic carbocycles. The fourth-order valence-corrected chi connectivity index (χ4v) is 2.77. The van der Waals surface area contributed by atoms with Crippen LogP contribution in [0.2, 0.25) is 0 Å². The van der Waals surface area contributed by atoms with Crippen LogP contribution in [0.1, 0.15) is 26.3 Å². The van der Waals surface area contributed by atoms with Crippen molar-refractivity contribution >= 4 is 39.2 Å². The van der Waals surface area contributed by atoms with E-state index in [4.69, 9.17) is 4.74 Å². The van der Waals surface area contributed by atoms with Crippen molar-refractivity contribution in [1.82, 2.24) is 4.98 Å². The fraction of sp³-hybridized carbons (Fsp3) is 0.294. The fourth-order valence-electron chi connectivity index (χ4n) is 2.41. The zero-order valence-electron chi connectivity index (χ0n) is 13.3. The molecule has 2 heterocycles. The average molecular weight is 376 g/mol. The van der Waals surface area contributed by atoms with Crippen molar-refractivity contribution in [3.05, 3.63) is 46.6 Å². The lowest BCUT2D eigenvalue weighted by Gasteiger charge is -2.27. The van der Waals surface area contributed by atoms with Crippen LogP contribution < -0.4 is 10.2 Å². The molecule has 3 rings (SSSR count). The molecule has 0 atom stereocenters. The molecule has 1 amide bonds. The predicted octanol–water partition coefficient (Wildman–Crippen LogP) is 4.84. The normalized spacial score (nSPS) is 13.5. The van der Waals surface area contributed by atoms with Gasteiger partial charge in [-0.05, 0) is 45.0 Å². The molecule has 0 radical (unpaired) electrons. The highest BCUT2D eigenvalue weighted by Gasteiger charge is 2.30. The number of carbonyl (C=O) groups excluding carboxylic acids is 1. The summed E-state index contributed by atoms with van der Waals surface area (Å²) in [4.78, 5) is 18.7.